The van der Waals surface area contributed by atoms with E-state index in [1.165, 1.54) is 4.90 Å². The van der Waals surface area contributed by atoms with Crippen molar-refractivity contribution < 1.29 is 14.3 Å². The van der Waals surface area contributed by atoms with Crippen LogP contribution in [0.3, 0.4) is 0 Å². The van der Waals surface area contributed by atoms with Gasteiger partial charge in [0.05, 0.1) is 19.2 Å². The molecule has 0 bridgehead atoms. The number of hydrogen-bond acceptors (Lipinski definition) is 5. The molecule has 1 atom stereocenters. The number of carbonyl (C=O) groups is 2. The Labute approximate surface area is 162 Å². The summed E-state index contributed by atoms with van der Waals surface area (Å²) in [6.07, 6.45) is 3.79. The third kappa shape index (κ3) is 4.68. The van der Waals surface area contributed by atoms with Gasteiger partial charge in [-0.1, -0.05) is 12.1 Å². The van der Waals surface area contributed by atoms with Crippen LogP contribution in [0.15, 0.2) is 58.5 Å². The smallest absolute Gasteiger partial charge is 0.245 e. The molecule has 2 aromatic carbocycles. The summed E-state index contributed by atoms with van der Waals surface area (Å²) < 4.78 is 5.13. The summed E-state index contributed by atoms with van der Waals surface area (Å²) in [6, 6.07) is 15.1. The molecule has 2 amide bonds. The summed E-state index contributed by atoms with van der Waals surface area (Å²) in [4.78, 5) is 27.4. The van der Waals surface area contributed by atoms with Crippen molar-refractivity contribution in [3.8, 4) is 5.75 Å². The lowest BCUT2D eigenvalue weighted by atomic mass is 10.1. The minimum absolute atomic E-state index is 0.0723. The average molecular weight is 383 g/mol. The molecule has 3 rings (SSSR count). The van der Waals surface area contributed by atoms with Gasteiger partial charge in [-0.2, -0.15) is 5.10 Å². The number of anilines is 1. The number of methoxy groups -OCH3 is 1. The minimum Gasteiger partial charge on any atom is -0.497 e. The van der Waals surface area contributed by atoms with E-state index < -0.39 is 5.92 Å². The summed E-state index contributed by atoms with van der Waals surface area (Å²) in [7, 11) is 1.59. The Morgan fingerprint density at radius 1 is 1.22 bits per heavy atom. The zero-order valence-electron chi connectivity index (χ0n) is 15.2. The summed E-state index contributed by atoms with van der Waals surface area (Å²) in [5.41, 5.74) is 4.20. The van der Waals surface area contributed by atoms with E-state index in [9.17, 15) is 9.59 Å². The van der Waals surface area contributed by atoms with Crippen LogP contribution in [0.25, 0.3) is 0 Å². The Hall–Kier alpha value is -2.80. The molecule has 7 heteroatoms. The standard InChI is InChI=1S/C20H21N3O3S/c1-26-17-7-5-16(6-8-17)23-13-15(11-19(23)24)20(25)22-21-12-14-3-9-18(27-2)10-4-14/h3-10,12,15H,11,13H2,1-2H3,(H,22,25)/b21-12+/t15-/m0/s1. The van der Waals surface area contributed by atoms with Gasteiger partial charge in [0.25, 0.3) is 0 Å². The number of nitrogens with one attached hydrogen (secondary N) is 1. The van der Waals surface area contributed by atoms with E-state index in [0.717, 1.165) is 17.0 Å². The first-order chi connectivity index (χ1) is 13.1. The van der Waals surface area contributed by atoms with Crippen LogP contribution in [0.4, 0.5) is 5.69 Å². The maximum atomic E-state index is 12.3. The van der Waals surface area contributed by atoms with Crippen LogP contribution in [0.1, 0.15) is 12.0 Å². The largest absolute Gasteiger partial charge is 0.497 e. The number of benzene rings is 2. The first-order valence-electron chi connectivity index (χ1n) is 8.52. The fourth-order valence-electron chi connectivity index (χ4n) is 2.85. The summed E-state index contributed by atoms with van der Waals surface area (Å²) >= 11 is 1.67. The number of amides is 2. The van der Waals surface area contributed by atoms with Gasteiger partial charge in [-0.3, -0.25) is 9.59 Å². The van der Waals surface area contributed by atoms with Crippen molar-refractivity contribution in [1.29, 1.82) is 0 Å². The van der Waals surface area contributed by atoms with E-state index >= 15 is 0 Å². The highest BCUT2D eigenvalue weighted by Crippen LogP contribution is 2.26. The molecule has 0 spiro atoms. The number of hydrogen-bond donors (Lipinski definition) is 1. The maximum absolute atomic E-state index is 12.3. The molecule has 6 nitrogen and oxygen atoms in total. The molecule has 1 saturated heterocycles. The van der Waals surface area contributed by atoms with Crippen LogP contribution >= 0.6 is 11.8 Å². The Bertz CT molecular complexity index is 835. The van der Waals surface area contributed by atoms with E-state index in [0.29, 0.717) is 6.54 Å². The Morgan fingerprint density at radius 2 is 1.93 bits per heavy atom. The molecular weight excluding hydrogens is 362 g/mol. The van der Waals surface area contributed by atoms with E-state index in [4.69, 9.17) is 4.74 Å². The summed E-state index contributed by atoms with van der Waals surface area (Å²) in [6.45, 7) is 0.342. The summed E-state index contributed by atoms with van der Waals surface area (Å²) in [5.74, 6) is -0.0245. The van der Waals surface area contributed by atoms with Gasteiger partial charge < -0.3 is 9.64 Å². The lowest BCUT2D eigenvalue weighted by Crippen LogP contribution is -2.30. The van der Waals surface area contributed by atoms with Gasteiger partial charge in [0.1, 0.15) is 5.75 Å². The van der Waals surface area contributed by atoms with Crippen molar-refractivity contribution >= 4 is 35.5 Å². The van der Waals surface area contributed by atoms with Crippen molar-refractivity contribution in [2.75, 3.05) is 24.8 Å². The first kappa shape index (κ1) is 19.0. The van der Waals surface area contributed by atoms with Gasteiger partial charge in [0, 0.05) is 23.5 Å². The molecule has 0 saturated carbocycles. The van der Waals surface area contributed by atoms with Gasteiger partial charge in [-0.15, -0.1) is 11.8 Å². The third-order valence-electron chi connectivity index (χ3n) is 4.38. The fraction of sp³-hybridized carbons (Fsp3) is 0.250. The molecule has 1 fully saturated rings. The van der Waals surface area contributed by atoms with E-state index in [1.807, 2.05) is 42.7 Å². The van der Waals surface area contributed by atoms with Crippen molar-refractivity contribution in [3.63, 3.8) is 0 Å². The van der Waals surface area contributed by atoms with Gasteiger partial charge in [-0.05, 0) is 48.2 Å². The molecule has 0 aromatic heterocycles. The molecule has 27 heavy (non-hydrogen) atoms. The molecule has 1 aliphatic rings. The Balaban J connectivity index is 1.57. The molecule has 140 valence electrons. The van der Waals surface area contributed by atoms with Crippen molar-refractivity contribution in [3.05, 3.63) is 54.1 Å². The van der Waals surface area contributed by atoms with E-state index in [2.05, 4.69) is 10.5 Å². The predicted molar refractivity (Wildman–Crippen MR) is 107 cm³/mol. The number of ether oxygens (including phenoxy) is 1. The van der Waals surface area contributed by atoms with Gasteiger partial charge in [-0.25, -0.2) is 5.43 Å². The molecule has 0 aliphatic carbocycles. The molecule has 0 unspecified atom stereocenters. The van der Waals surface area contributed by atoms with Crippen LogP contribution in [0, 0.1) is 5.92 Å². The second-order valence-corrected chi connectivity index (χ2v) is 6.99. The van der Waals surface area contributed by atoms with Crippen molar-refractivity contribution in [2.24, 2.45) is 11.0 Å². The average Bonchev–Trinajstić information content (AvgIpc) is 3.10. The van der Waals surface area contributed by atoms with Gasteiger partial charge >= 0.3 is 0 Å². The highest BCUT2D eigenvalue weighted by molar-refractivity contribution is 7.98. The lowest BCUT2D eigenvalue weighted by molar-refractivity contribution is -0.126. The number of rotatable bonds is 6. The second kappa shape index (κ2) is 8.73. The fourth-order valence-corrected chi connectivity index (χ4v) is 3.25. The number of nitrogens with zero attached hydrogens (tertiary/aromatic N) is 2. The predicted octanol–water partition coefficient (Wildman–Crippen LogP) is 2.92. The maximum Gasteiger partial charge on any atom is 0.245 e. The quantitative estimate of drug-likeness (QED) is 0.473. The topological polar surface area (TPSA) is 71.0 Å². The number of thioether (sulfide) groups is 1. The van der Waals surface area contributed by atoms with Crippen LogP contribution in [0.2, 0.25) is 0 Å². The van der Waals surface area contributed by atoms with Gasteiger partial charge in [0.2, 0.25) is 11.8 Å². The highest BCUT2D eigenvalue weighted by Gasteiger charge is 2.35. The van der Waals surface area contributed by atoms with Crippen molar-refractivity contribution in [2.45, 2.75) is 11.3 Å². The second-order valence-electron chi connectivity index (χ2n) is 6.11. The molecule has 2 aromatic rings. The Kier molecular flexibility index (Phi) is 6.13. The van der Waals surface area contributed by atoms with Crippen LogP contribution in [-0.2, 0) is 9.59 Å². The highest BCUT2D eigenvalue weighted by atomic mass is 32.2. The zero-order chi connectivity index (χ0) is 19.2. The van der Waals surface area contributed by atoms with Crippen molar-refractivity contribution in [1.82, 2.24) is 5.43 Å². The molecule has 1 N–H and O–H groups in total. The van der Waals surface area contributed by atoms with Gasteiger partial charge in [0.15, 0.2) is 0 Å². The molecule has 0 radical (unpaired) electrons. The van der Waals surface area contributed by atoms with Crippen LogP contribution in [0.5, 0.6) is 5.75 Å². The summed E-state index contributed by atoms with van der Waals surface area (Å²) in [5, 5.41) is 4.01. The molecule has 1 heterocycles. The Morgan fingerprint density at radius 3 is 2.56 bits per heavy atom. The SMILES string of the molecule is COc1ccc(N2C[C@@H](C(=O)N/N=C/c3ccc(SC)cc3)CC2=O)cc1. The molecular formula is C20H21N3O3S. The zero-order valence-corrected chi connectivity index (χ0v) is 16.0. The van der Waals surface area contributed by atoms with E-state index in [1.54, 1.807) is 42.1 Å². The first-order valence-corrected chi connectivity index (χ1v) is 9.74. The normalized spacial score (nSPS) is 16.7. The minimum atomic E-state index is -0.421. The monoisotopic (exact) mass is 383 g/mol. The molecule has 1 aliphatic heterocycles. The number of carbonyl (C=O) groups excluding carboxylic acids is 2. The van der Waals surface area contributed by atoms with Crippen LogP contribution in [-0.4, -0.2) is 37.9 Å². The number of hydrazone groups is 1. The van der Waals surface area contributed by atoms with E-state index in [-0.39, 0.29) is 18.2 Å². The lowest BCUT2D eigenvalue weighted by Gasteiger charge is -2.16. The van der Waals surface area contributed by atoms with Crippen LogP contribution < -0.4 is 15.1 Å². The third-order valence-corrected chi connectivity index (χ3v) is 5.13.